The maximum Gasteiger partial charge on any atom is 0.416 e. The Balaban J connectivity index is 0.000000328. The van der Waals surface area contributed by atoms with Crippen molar-refractivity contribution in [1.29, 1.82) is 0 Å². The lowest BCUT2D eigenvalue weighted by atomic mass is 9.87. The average molecular weight is 518 g/mol. The molecule has 35 heavy (non-hydrogen) atoms. The number of carbonyl (C=O) groups excluding carboxylic acids is 1. The highest BCUT2D eigenvalue weighted by Gasteiger charge is 2.30. The molecule has 2 aromatic carbocycles. The molecule has 192 valence electrons. The van der Waals surface area contributed by atoms with Crippen LogP contribution in [0.25, 0.3) is 0 Å². The highest BCUT2D eigenvalue weighted by molar-refractivity contribution is 7.71. The van der Waals surface area contributed by atoms with Gasteiger partial charge in [-0.15, -0.1) is 0 Å². The quantitative estimate of drug-likeness (QED) is 0.347. The van der Waals surface area contributed by atoms with Crippen molar-refractivity contribution in [3.05, 3.63) is 65.0 Å². The molecule has 0 spiro atoms. The summed E-state index contributed by atoms with van der Waals surface area (Å²) >= 11 is 0. The molecule has 0 heterocycles. The highest BCUT2D eigenvalue weighted by atomic mass is 32.2. The van der Waals surface area contributed by atoms with Crippen LogP contribution in [0.1, 0.15) is 56.3 Å². The lowest BCUT2D eigenvalue weighted by Crippen LogP contribution is -2.28. The van der Waals surface area contributed by atoms with Gasteiger partial charge in [-0.05, 0) is 75.4 Å². The van der Waals surface area contributed by atoms with Gasteiger partial charge in [0.25, 0.3) is 0 Å². The lowest BCUT2D eigenvalue weighted by Gasteiger charge is -2.26. The van der Waals surface area contributed by atoms with Crippen LogP contribution >= 0.6 is 0 Å². The Bertz CT molecular complexity index is 1150. The monoisotopic (exact) mass is 517 g/mol. The zero-order valence-electron chi connectivity index (χ0n) is 19.5. The first-order valence-corrected chi connectivity index (χ1v) is 11.9. The lowest BCUT2D eigenvalue weighted by molar-refractivity contribution is -0.157. The van der Waals surface area contributed by atoms with Crippen LogP contribution in [0, 0.1) is 5.82 Å². The molecule has 0 amide bonds. The number of carbonyl (C=O) groups is 1. The fourth-order valence-corrected chi connectivity index (χ4v) is 3.71. The zero-order chi connectivity index (χ0) is 26.2. The third kappa shape index (κ3) is 9.69. The van der Waals surface area contributed by atoms with Gasteiger partial charge < -0.3 is 9.47 Å². The summed E-state index contributed by atoms with van der Waals surface area (Å²) in [5.41, 5.74) is 1.57. The fraction of sp³-hybridized carbons (Fsp3) is 0.417. The summed E-state index contributed by atoms with van der Waals surface area (Å²) in [7, 11) is -2.25. The number of nitrogens with one attached hydrogen (secondary N) is 1. The van der Waals surface area contributed by atoms with E-state index in [1.165, 1.54) is 0 Å². The molecule has 1 atom stereocenters. The molecule has 0 radical (unpaired) electrons. The van der Waals surface area contributed by atoms with Crippen molar-refractivity contribution in [2.24, 2.45) is 0 Å². The molecule has 1 aliphatic carbocycles. The van der Waals surface area contributed by atoms with Crippen molar-refractivity contribution < 1.29 is 40.2 Å². The van der Waals surface area contributed by atoms with Crippen molar-refractivity contribution in [1.82, 2.24) is 5.32 Å². The smallest absolute Gasteiger partial charge is 0.416 e. The van der Waals surface area contributed by atoms with E-state index in [4.69, 9.17) is 9.47 Å². The number of halogens is 4. The van der Waals surface area contributed by atoms with Gasteiger partial charge in [0.15, 0.2) is 6.61 Å². The van der Waals surface area contributed by atoms with Gasteiger partial charge >= 0.3 is 12.1 Å². The van der Waals surface area contributed by atoms with Gasteiger partial charge in [-0.3, -0.25) is 5.32 Å². The minimum Gasteiger partial charge on any atom is -0.482 e. The van der Waals surface area contributed by atoms with Crippen LogP contribution in [0.15, 0.2) is 42.5 Å². The second kappa shape index (κ2) is 12.2. The van der Waals surface area contributed by atoms with Crippen molar-refractivity contribution in [2.75, 3.05) is 6.61 Å². The van der Waals surface area contributed by atoms with Gasteiger partial charge in [0, 0.05) is 6.04 Å². The van der Waals surface area contributed by atoms with Crippen molar-refractivity contribution in [3.63, 3.8) is 0 Å². The van der Waals surface area contributed by atoms with Crippen molar-refractivity contribution in [2.45, 2.75) is 57.9 Å². The fourth-order valence-electron chi connectivity index (χ4n) is 3.43. The topological polar surface area (TPSA) is 81.7 Å². The number of alkyl halides is 3. The van der Waals surface area contributed by atoms with Gasteiger partial charge in [-0.1, -0.05) is 18.2 Å². The van der Waals surface area contributed by atoms with Gasteiger partial charge in [0.1, 0.15) is 17.2 Å². The second-order valence-electron chi connectivity index (χ2n) is 8.70. The van der Waals surface area contributed by atoms with Gasteiger partial charge in [-0.2, -0.15) is 21.6 Å². The Morgan fingerprint density at radius 2 is 1.83 bits per heavy atom. The SMILES string of the molecule is CC(C)(C)OC(=O)COc1cccc2c1CCCC2NC=S(=O)=O.Fc1cccc(C(F)(F)F)c1. The van der Waals surface area contributed by atoms with E-state index < -0.39 is 39.4 Å². The molecule has 1 unspecified atom stereocenters. The standard InChI is InChI=1S/C17H23NO5S.C7H4F4/c1-17(2,3)23-16(19)10-22-15-9-5-6-12-13(15)7-4-8-14(12)18-11-24(20)21;8-6-3-1-2-5(4-6)7(9,10)11/h5-6,9,11,14,18H,4,7-8,10H2,1-3H3;1-4H. The molecular formula is C24H27F4NO5S. The number of esters is 1. The number of benzene rings is 2. The van der Waals surface area contributed by atoms with E-state index in [2.05, 4.69) is 5.32 Å². The Kier molecular flexibility index (Phi) is 9.84. The van der Waals surface area contributed by atoms with Crippen LogP contribution < -0.4 is 10.1 Å². The van der Waals surface area contributed by atoms with Gasteiger partial charge in [0.05, 0.1) is 11.1 Å². The van der Waals surface area contributed by atoms with Crippen LogP contribution in [0.3, 0.4) is 0 Å². The molecular weight excluding hydrogens is 490 g/mol. The van der Waals surface area contributed by atoms with Crippen LogP contribution in [0.4, 0.5) is 17.6 Å². The molecule has 1 aliphatic rings. The van der Waals surface area contributed by atoms with Crippen LogP contribution in [-0.2, 0) is 32.4 Å². The highest BCUT2D eigenvalue weighted by Crippen LogP contribution is 2.35. The van der Waals surface area contributed by atoms with E-state index >= 15 is 0 Å². The minimum absolute atomic E-state index is 0.0725. The number of hydrogen-bond acceptors (Lipinski definition) is 5. The first-order valence-electron chi connectivity index (χ1n) is 10.7. The summed E-state index contributed by atoms with van der Waals surface area (Å²) in [6, 6.07) is 8.82. The minimum atomic E-state index is -4.46. The van der Waals surface area contributed by atoms with Gasteiger partial charge in [-0.25, -0.2) is 9.18 Å². The summed E-state index contributed by atoms with van der Waals surface area (Å²) in [4.78, 5) is 11.8. The number of hydrogen-bond donors (Lipinski definition) is 1. The van der Waals surface area contributed by atoms with Gasteiger partial charge in [0.2, 0.25) is 10.3 Å². The summed E-state index contributed by atoms with van der Waals surface area (Å²) in [5.74, 6) is -0.645. The van der Waals surface area contributed by atoms with E-state index in [-0.39, 0.29) is 12.6 Å². The molecule has 0 fully saturated rings. The molecule has 1 N–H and O–H groups in total. The molecule has 0 saturated heterocycles. The average Bonchev–Trinajstić information content (AvgIpc) is 2.75. The van der Waals surface area contributed by atoms with Crippen LogP contribution in [0.5, 0.6) is 5.75 Å². The van der Waals surface area contributed by atoms with E-state index in [0.717, 1.165) is 54.1 Å². The first-order chi connectivity index (χ1) is 16.3. The molecule has 11 heteroatoms. The molecule has 0 aromatic heterocycles. The molecule has 2 aromatic rings. The molecule has 0 saturated carbocycles. The third-order valence-corrected chi connectivity index (χ3v) is 5.08. The summed E-state index contributed by atoms with van der Waals surface area (Å²) in [6.45, 7) is 5.27. The normalized spacial score (nSPS) is 15.2. The maximum atomic E-state index is 12.2. The third-order valence-electron chi connectivity index (χ3n) is 4.75. The van der Waals surface area contributed by atoms with E-state index in [1.54, 1.807) is 0 Å². The number of rotatable bonds is 5. The van der Waals surface area contributed by atoms with E-state index in [1.807, 2.05) is 39.0 Å². The molecule has 6 nitrogen and oxygen atoms in total. The Morgan fingerprint density at radius 1 is 1.14 bits per heavy atom. The molecule has 0 aliphatic heterocycles. The summed E-state index contributed by atoms with van der Waals surface area (Å²) in [5, 5.41) is 2.92. The summed E-state index contributed by atoms with van der Waals surface area (Å²) in [6.07, 6.45) is -1.87. The van der Waals surface area contributed by atoms with E-state index in [9.17, 15) is 30.8 Å². The van der Waals surface area contributed by atoms with Crippen LogP contribution in [-0.4, -0.2) is 32.1 Å². The maximum absolute atomic E-state index is 12.2. The van der Waals surface area contributed by atoms with Crippen LogP contribution in [0.2, 0.25) is 0 Å². The van der Waals surface area contributed by atoms with E-state index in [0.29, 0.717) is 11.8 Å². The molecule has 3 rings (SSSR count). The second-order valence-corrected chi connectivity index (χ2v) is 9.45. The predicted molar refractivity (Wildman–Crippen MR) is 123 cm³/mol. The molecule has 0 bridgehead atoms. The largest absolute Gasteiger partial charge is 0.482 e. The Hall–Kier alpha value is -2.92. The zero-order valence-corrected chi connectivity index (χ0v) is 20.3. The first kappa shape index (κ1) is 28.3. The Morgan fingerprint density at radius 3 is 2.40 bits per heavy atom. The predicted octanol–water partition coefficient (Wildman–Crippen LogP) is 4.86. The number of ether oxygens (including phenoxy) is 2. The number of fused-ring (bicyclic) bond motifs is 1. The van der Waals surface area contributed by atoms with Crippen molar-refractivity contribution in [3.8, 4) is 5.75 Å². The summed E-state index contributed by atoms with van der Waals surface area (Å²) < 4.78 is 79.9. The Labute approximate surface area is 202 Å². The van der Waals surface area contributed by atoms with Crippen molar-refractivity contribution >= 4 is 21.8 Å².